The van der Waals surface area contributed by atoms with Crippen LogP contribution in [0.1, 0.15) is 31.4 Å². The molecule has 0 bridgehead atoms. The Hall–Kier alpha value is -3.37. The number of amides is 5. The van der Waals surface area contributed by atoms with Crippen molar-refractivity contribution in [3.8, 4) is 0 Å². The molecule has 1 aromatic carbocycles. The van der Waals surface area contributed by atoms with Crippen molar-refractivity contribution >= 4 is 29.8 Å². The molecule has 29 heavy (non-hydrogen) atoms. The van der Waals surface area contributed by atoms with Gasteiger partial charge in [-0.15, -0.1) is 0 Å². The number of carbonyl (C=O) groups excluding carboxylic acids is 4. The summed E-state index contributed by atoms with van der Waals surface area (Å²) in [6.07, 6.45) is -2.63. The first-order valence-corrected chi connectivity index (χ1v) is 8.48. The summed E-state index contributed by atoms with van der Waals surface area (Å²) in [5.74, 6) is -1.90. The van der Waals surface area contributed by atoms with Crippen LogP contribution in [0.4, 0.5) is 18.0 Å². The molecule has 0 atom stereocenters. The Morgan fingerprint density at radius 3 is 2.48 bits per heavy atom. The van der Waals surface area contributed by atoms with Crippen molar-refractivity contribution in [1.82, 2.24) is 21.1 Å². The molecule has 1 aliphatic rings. The molecule has 11 heteroatoms. The zero-order valence-corrected chi connectivity index (χ0v) is 15.6. The number of nitrogens with zero attached hydrogens (tertiary/aromatic N) is 1. The van der Waals surface area contributed by atoms with Gasteiger partial charge in [0.15, 0.2) is 0 Å². The lowest BCUT2D eigenvalue weighted by atomic mass is 10.1. The Kier molecular flexibility index (Phi) is 6.30. The Bertz CT molecular complexity index is 865. The van der Waals surface area contributed by atoms with E-state index in [1.165, 1.54) is 26.0 Å². The molecule has 1 fully saturated rings. The first-order chi connectivity index (χ1) is 13.4. The van der Waals surface area contributed by atoms with Gasteiger partial charge in [0.25, 0.3) is 11.8 Å². The van der Waals surface area contributed by atoms with Crippen LogP contribution >= 0.6 is 0 Å². The molecule has 0 unspecified atom stereocenters. The molecule has 8 nitrogen and oxygen atoms in total. The van der Waals surface area contributed by atoms with Crippen molar-refractivity contribution in [1.29, 1.82) is 0 Å². The summed E-state index contributed by atoms with van der Waals surface area (Å²) in [5, 5.41) is 2.47. The van der Waals surface area contributed by atoms with E-state index >= 15 is 0 Å². The van der Waals surface area contributed by atoms with Gasteiger partial charge in [0.1, 0.15) is 5.54 Å². The van der Waals surface area contributed by atoms with E-state index in [4.69, 9.17) is 0 Å². The van der Waals surface area contributed by atoms with E-state index in [2.05, 4.69) is 16.2 Å². The third-order valence-corrected chi connectivity index (χ3v) is 3.97. The van der Waals surface area contributed by atoms with Gasteiger partial charge in [-0.2, -0.15) is 13.2 Å². The number of halogens is 3. The van der Waals surface area contributed by atoms with Crippen LogP contribution in [0.3, 0.4) is 0 Å². The Balaban J connectivity index is 1.81. The van der Waals surface area contributed by atoms with Crippen molar-refractivity contribution in [2.75, 3.05) is 6.54 Å². The monoisotopic (exact) mass is 412 g/mol. The number of hydrogen-bond donors (Lipinski definition) is 3. The van der Waals surface area contributed by atoms with Gasteiger partial charge in [0, 0.05) is 19.0 Å². The lowest BCUT2D eigenvalue weighted by molar-refractivity contribution is -0.137. The van der Waals surface area contributed by atoms with Crippen LogP contribution in [-0.4, -0.2) is 40.7 Å². The van der Waals surface area contributed by atoms with Crippen molar-refractivity contribution < 1.29 is 32.3 Å². The topological polar surface area (TPSA) is 108 Å². The predicted octanol–water partition coefficient (Wildman–Crippen LogP) is 1.59. The Morgan fingerprint density at radius 2 is 1.90 bits per heavy atom. The molecule has 3 N–H and O–H groups in total. The number of hydrazine groups is 1. The largest absolute Gasteiger partial charge is 0.416 e. The zero-order valence-electron chi connectivity index (χ0n) is 15.6. The molecule has 0 saturated carbocycles. The molecule has 1 heterocycles. The molecule has 0 radical (unpaired) electrons. The van der Waals surface area contributed by atoms with E-state index in [0.717, 1.165) is 29.2 Å². The van der Waals surface area contributed by atoms with Crippen LogP contribution in [-0.2, 0) is 20.6 Å². The molecule has 1 aliphatic heterocycles. The highest BCUT2D eigenvalue weighted by Crippen LogP contribution is 2.29. The highest BCUT2D eigenvalue weighted by Gasteiger charge is 2.44. The summed E-state index contributed by atoms with van der Waals surface area (Å²) in [6.45, 7) is 2.89. The van der Waals surface area contributed by atoms with E-state index in [1.807, 2.05) is 0 Å². The van der Waals surface area contributed by atoms with Crippen molar-refractivity contribution in [2.24, 2.45) is 0 Å². The fourth-order valence-electron chi connectivity index (χ4n) is 2.46. The number of urea groups is 1. The maximum Gasteiger partial charge on any atom is 0.416 e. The van der Waals surface area contributed by atoms with Gasteiger partial charge in [-0.05, 0) is 37.6 Å². The molecular formula is C18H19F3N4O4. The molecule has 0 aromatic heterocycles. The van der Waals surface area contributed by atoms with Crippen molar-refractivity contribution in [3.05, 3.63) is 41.5 Å². The normalized spacial score (nSPS) is 16.1. The zero-order chi connectivity index (χ0) is 21.8. The number of rotatable bonds is 5. The summed E-state index contributed by atoms with van der Waals surface area (Å²) in [4.78, 5) is 48.0. The maximum absolute atomic E-state index is 12.7. The summed E-state index contributed by atoms with van der Waals surface area (Å²) in [6, 6.07) is 3.77. The van der Waals surface area contributed by atoms with Crippen LogP contribution in [0.15, 0.2) is 30.3 Å². The first kappa shape index (κ1) is 21.9. The highest BCUT2D eigenvalue weighted by molar-refractivity contribution is 6.06. The summed E-state index contributed by atoms with van der Waals surface area (Å²) in [5.41, 5.74) is 2.41. The smallest absolute Gasteiger partial charge is 0.324 e. The minimum absolute atomic E-state index is 0.155. The molecule has 5 amide bonds. The summed E-state index contributed by atoms with van der Waals surface area (Å²) < 4.78 is 38.0. The fourth-order valence-corrected chi connectivity index (χ4v) is 2.46. The number of benzene rings is 1. The molecule has 2 rings (SSSR count). The van der Waals surface area contributed by atoms with Gasteiger partial charge in [-0.25, -0.2) is 4.79 Å². The second-order valence-corrected chi connectivity index (χ2v) is 6.76. The van der Waals surface area contributed by atoms with Gasteiger partial charge in [0.2, 0.25) is 5.91 Å². The molecule has 0 spiro atoms. The Morgan fingerprint density at radius 1 is 1.21 bits per heavy atom. The van der Waals surface area contributed by atoms with Crippen LogP contribution in [0, 0.1) is 0 Å². The summed E-state index contributed by atoms with van der Waals surface area (Å²) >= 11 is 0. The third kappa shape index (κ3) is 5.80. The minimum atomic E-state index is -4.50. The number of hydrogen-bond acceptors (Lipinski definition) is 4. The first-order valence-electron chi connectivity index (χ1n) is 8.48. The number of nitrogens with one attached hydrogen (secondary N) is 3. The van der Waals surface area contributed by atoms with Crippen LogP contribution < -0.4 is 16.2 Å². The predicted molar refractivity (Wildman–Crippen MR) is 95.7 cm³/mol. The summed E-state index contributed by atoms with van der Waals surface area (Å²) in [7, 11) is 0. The van der Waals surface area contributed by atoms with E-state index in [0.29, 0.717) is 0 Å². The third-order valence-electron chi connectivity index (χ3n) is 3.97. The number of imide groups is 1. The second kappa shape index (κ2) is 8.33. The maximum atomic E-state index is 12.7. The SMILES string of the molecule is CC1(C)NC(=O)N(CCC(=O)NNC(=O)/C=C/c2cccc(C(F)(F)F)c2)C1=O. The van der Waals surface area contributed by atoms with E-state index in [9.17, 15) is 32.3 Å². The molecule has 156 valence electrons. The molecule has 1 aromatic rings. The fraction of sp³-hybridized carbons (Fsp3) is 0.333. The molecule has 0 aliphatic carbocycles. The van der Waals surface area contributed by atoms with E-state index < -0.39 is 41.0 Å². The van der Waals surface area contributed by atoms with Gasteiger partial charge in [0.05, 0.1) is 5.56 Å². The number of carbonyl (C=O) groups is 4. The average molecular weight is 412 g/mol. The van der Waals surface area contributed by atoms with E-state index in [1.54, 1.807) is 0 Å². The lowest BCUT2D eigenvalue weighted by Crippen LogP contribution is -2.43. The second-order valence-electron chi connectivity index (χ2n) is 6.76. The van der Waals surface area contributed by atoms with Gasteiger partial charge >= 0.3 is 12.2 Å². The lowest BCUT2D eigenvalue weighted by Gasteiger charge is -2.15. The van der Waals surface area contributed by atoms with Crippen molar-refractivity contribution in [3.63, 3.8) is 0 Å². The highest BCUT2D eigenvalue weighted by atomic mass is 19.4. The van der Waals surface area contributed by atoms with Crippen LogP contribution in [0.5, 0.6) is 0 Å². The van der Waals surface area contributed by atoms with Crippen molar-refractivity contribution in [2.45, 2.75) is 32.0 Å². The van der Waals surface area contributed by atoms with Gasteiger partial charge < -0.3 is 5.32 Å². The average Bonchev–Trinajstić information content (AvgIpc) is 2.83. The van der Waals surface area contributed by atoms with E-state index in [-0.39, 0.29) is 18.5 Å². The van der Waals surface area contributed by atoms with Crippen LogP contribution in [0.25, 0.3) is 6.08 Å². The standard InChI is InChI=1S/C18H19F3N4O4/c1-17(2)15(28)25(16(29)22-17)9-8-14(27)24-23-13(26)7-6-11-4-3-5-12(10-11)18(19,20)21/h3-7,10H,8-9H2,1-2H3,(H,22,29)(H,23,26)(H,24,27)/b7-6+. The quantitative estimate of drug-likeness (QED) is 0.388. The molecular weight excluding hydrogens is 393 g/mol. The molecule has 1 saturated heterocycles. The number of alkyl halides is 3. The van der Waals surface area contributed by atoms with Gasteiger partial charge in [-0.3, -0.25) is 30.1 Å². The van der Waals surface area contributed by atoms with Crippen LogP contribution in [0.2, 0.25) is 0 Å². The Labute approximate surface area is 164 Å². The van der Waals surface area contributed by atoms with Gasteiger partial charge in [-0.1, -0.05) is 12.1 Å². The minimum Gasteiger partial charge on any atom is -0.324 e.